The normalized spacial score (nSPS) is 17.6. The minimum atomic E-state index is -0.793. The maximum atomic E-state index is 10.6. The van der Waals surface area contributed by atoms with Crippen molar-refractivity contribution in [2.45, 2.75) is 20.0 Å². The van der Waals surface area contributed by atoms with E-state index >= 15 is 0 Å². The molecule has 0 aromatic heterocycles. The molecule has 2 aromatic carbocycles. The number of ether oxygens (including phenoxy) is 2. The Balaban J connectivity index is 1.91. The number of fused-ring (bicyclic) bond motifs is 1. The molecule has 0 spiro atoms. The Morgan fingerprint density at radius 2 is 1.73 bits per heavy atom. The van der Waals surface area contributed by atoms with Gasteiger partial charge in [0, 0.05) is 16.0 Å². The number of hydrogen-bond acceptors (Lipinski definition) is 3. The zero-order chi connectivity index (χ0) is 15.7. The predicted molar refractivity (Wildman–Crippen MR) is 86.7 cm³/mol. The fourth-order valence-corrected chi connectivity index (χ4v) is 2.63. The van der Waals surface area contributed by atoms with Crippen LogP contribution in [0.5, 0.6) is 11.5 Å². The second-order valence-corrected chi connectivity index (χ2v) is 6.78. The second kappa shape index (κ2) is 5.82. The van der Waals surface area contributed by atoms with E-state index in [1.54, 1.807) is 6.07 Å². The van der Waals surface area contributed by atoms with Crippen LogP contribution in [-0.2, 0) is 0 Å². The summed E-state index contributed by atoms with van der Waals surface area (Å²) in [5.74, 6) is 1.37. The largest absolute Gasteiger partial charge is 0.489 e. The van der Waals surface area contributed by atoms with Gasteiger partial charge in [0.1, 0.15) is 6.10 Å². The molecule has 0 aliphatic carbocycles. The van der Waals surface area contributed by atoms with E-state index < -0.39 is 6.10 Å². The van der Waals surface area contributed by atoms with Crippen LogP contribution in [0.15, 0.2) is 42.5 Å². The zero-order valence-electron chi connectivity index (χ0n) is 12.7. The highest BCUT2D eigenvalue weighted by Gasteiger charge is 2.26. The summed E-state index contributed by atoms with van der Waals surface area (Å²) in [6.45, 7) is 5.37. The molecule has 0 radical (unpaired) electrons. The Morgan fingerprint density at radius 1 is 1.05 bits per heavy atom. The second-order valence-electron chi connectivity index (χ2n) is 6.37. The number of halogens is 1. The third-order valence-corrected chi connectivity index (χ3v) is 4.06. The number of rotatable bonds is 2. The van der Waals surface area contributed by atoms with Crippen molar-refractivity contribution in [3.05, 3.63) is 58.6 Å². The molecule has 0 saturated carbocycles. The Kier molecular flexibility index (Phi) is 4.02. The first kappa shape index (κ1) is 15.2. The van der Waals surface area contributed by atoms with Gasteiger partial charge in [0.05, 0.1) is 13.2 Å². The molecule has 1 aliphatic heterocycles. The van der Waals surface area contributed by atoms with Crippen LogP contribution in [0.1, 0.15) is 31.1 Å². The van der Waals surface area contributed by atoms with Gasteiger partial charge in [-0.1, -0.05) is 49.7 Å². The minimum Gasteiger partial charge on any atom is -0.489 e. The van der Waals surface area contributed by atoms with E-state index in [2.05, 4.69) is 13.8 Å². The summed E-state index contributed by atoms with van der Waals surface area (Å²) in [5, 5.41) is 11.1. The van der Waals surface area contributed by atoms with E-state index in [-0.39, 0.29) is 5.41 Å². The van der Waals surface area contributed by atoms with E-state index in [9.17, 15) is 5.11 Å². The maximum Gasteiger partial charge on any atom is 0.161 e. The quantitative estimate of drug-likeness (QED) is 0.901. The molecule has 116 valence electrons. The van der Waals surface area contributed by atoms with Gasteiger partial charge in [-0.2, -0.15) is 0 Å². The Labute approximate surface area is 135 Å². The third kappa shape index (κ3) is 3.06. The van der Waals surface area contributed by atoms with Crippen molar-refractivity contribution in [3.8, 4) is 11.5 Å². The summed E-state index contributed by atoms with van der Waals surface area (Å²) in [4.78, 5) is 0. The van der Waals surface area contributed by atoms with Crippen LogP contribution in [0.25, 0.3) is 0 Å². The molecule has 3 rings (SSSR count). The van der Waals surface area contributed by atoms with Gasteiger partial charge < -0.3 is 14.6 Å². The molecule has 4 heteroatoms. The molecule has 0 unspecified atom stereocenters. The molecule has 0 amide bonds. The van der Waals surface area contributed by atoms with E-state index in [1.807, 2.05) is 36.4 Å². The number of aliphatic hydroxyl groups is 1. The van der Waals surface area contributed by atoms with Crippen molar-refractivity contribution in [2.75, 3.05) is 13.2 Å². The summed E-state index contributed by atoms with van der Waals surface area (Å²) < 4.78 is 11.6. The van der Waals surface area contributed by atoms with E-state index in [0.717, 1.165) is 5.56 Å². The fraction of sp³-hybridized carbons (Fsp3) is 0.333. The molecule has 0 saturated heterocycles. The molecular formula is C18H19ClO3. The van der Waals surface area contributed by atoms with Crippen molar-refractivity contribution < 1.29 is 14.6 Å². The van der Waals surface area contributed by atoms with Gasteiger partial charge in [-0.3, -0.25) is 0 Å². The summed E-state index contributed by atoms with van der Waals surface area (Å²) in [5.41, 5.74) is 1.37. The zero-order valence-corrected chi connectivity index (χ0v) is 13.4. The van der Waals surface area contributed by atoms with Crippen LogP contribution in [0, 0.1) is 5.41 Å². The first-order chi connectivity index (χ1) is 10.5. The number of hydrogen-bond donors (Lipinski definition) is 1. The van der Waals surface area contributed by atoms with Crippen LogP contribution < -0.4 is 9.47 Å². The van der Waals surface area contributed by atoms with Crippen LogP contribution in [0.4, 0.5) is 0 Å². The van der Waals surface area contributed by atoms with Gasteiger partial charge in [-0.25, -0.2) is 0 Å². The van der Waals surface area contributed by atoms with Crippen LogP contribution >= 0.6 is 11.6 Å². The molecule has 1 heterocycles. The maximum absolute atomic E-state index is 10.6. The highest BCUT2D eigenvalue weighted by atomic mass is 35.5. The number of benzene rings is 2. The molecule has 1 aliphatic rings. The SMILES string of the molecule is CC1(C)COc2ccc([C@@H](O)c3ccccc3Cl)cc2OC1. The van der Waals surface area contributed by atoms with Crippen molar-refractivity contribution in [3.63, 3.8) is 0 Å². The van der Waals surface area contributed by atoms with Crippen molar-refractivity contribution in [1.29, 1.82) is 0 Å². The predicted octanol–water partition coefficient (Wildman–Crippen LogP) is 4.22. The molecule has 2 aromatic rings. The van der Waals surface area contributed by atoms with E-state index in [4.69, 9.17) is 21.1 Å². The molecule has 22 heavy (non-hydrogen) atoms. The lowest BCUT2D eigenvalue weighted by Gasteiger charge is -2.19. The first-order valence-corrected chi connectivity index (χ1v) is 7.66. The average Bonchev–Trinajstić information content (AvgIpc) is 2.66. The molecule has 0 bridgehead atoms. The lowest BCUT2D eigenvalue weighted by molar-refractivity contribution is 0.140. The average molecular weight is 319 g/mol. The highest BCUT2D eigenvalue weighted by molar-refractivity contribution is 6.31. The number of aliphatic hydroxyl groups excluding tert-OH is 1. The monoisotopic (exact) mass is 318 g/mol. The Hall–Kier alpha value is -1.71. The van der Waals surface area contributed by atoms with Crippen LogP contribution in [-0.4, -0.2) is 18.3 Å². The summed E-state index contributed by atoms with van der Waals surface area (Å²) in [7, 11) is 0. The fourth-order valence-electron chi connectivity index (χ4n) is 2.39. The van der Waals surface area contributed by atoms with Crippen molar-refractivity contribution in [1.82, 2.24) is 0 Å². The minimum absolute atomic E-state index is 0.0411. The molecule has 0 fully saturated rings. The summed E-state index contributed by atoms with van der Waals surface area (Å²) in [6.07, 6.45) is -0.793. The Bertz CT molecular complexity index is 682. The van der Waals surface area contributed by atoms with Crippen molar-refractivity contribution in [2.24, 2.45) is 5.41 Å². The van der Waals surface area contributed by atoms with Gasteiger partial charge in [0.15, 0.2) is 11.5 Å². The van der Waals surface area contributed by atoms with Gasteiger partial charge in [0.2, 0.25) is 0 Å². The van der Waals surface area contributed by atoms with Gasteiger partial charge in [-0.15, -0.1) is 0 Å². The molecule has 1 atom stereocenters. The standard InChI is InChI=1S/C18H19ClO3/c1-18(2)10-21-15-8-7-12(9-16(15)22-11-18)17(20)13-5-3-4-6-14(13)19/h3-9,17,20H,10-11H2,1-2H3/t17-/m1/s1. The van der Waals surface area contributed by atoms with Gasteiger partial charge >= 0.3 is 0 Å². The van der Waals surface area contributed by atoms with E-state index in [0.29, 0.717) is 35.3 Å². The third-order valence-electron chi connectivity index (χ3n) is 3.72. The smallest absolute Gasteiger partial charge is 0.161 e. The van der Waals surface area contributed by atoms with Crippen molar-refractivity contribution >= 4 is 11.6 Å². The van der Waals surface area contributed by atoms with E-state index in [1.165, 1.54) is 0 Å². The molecule has 3 nitrogen and oxygen atoms in total. The molecule has 1 N–H and O–H groups in total. The molecular weight excluding hydrogens is 300 g/mol. The highest BCUT2D eigenvalue weighted by Crippen LogP contribution is 2.37. The summed E-state index contributed by atoms with van der Waals surface area (Å²) in [6, 6.07) is 12.8. The first-order valence-electron chi connectivity index (χ1n) is 7.28. The van der Waals surface area contributed by atoms with Gasteiger partial charge in [-0.05, 0) is 23.8 Å². The summed E-state index contributed by atoms with van der Waals surface area (Å²) >= 11 is 6.16. The lowest BCUT2D eigenvalue weighted by Crippen LogP contribution is -2.26. The Morgan fingerprint density at radius 3 is 2.45 bits per heavy atom. The van der Waals surface area contributed by atoms with Crippen LogP contribution in [0.3, 0.4) is 0 Å². The van der Waals surface area contributed by atoms with Crippen LogP contribution in [0.2, 0.25) is 5.02 Å². The van der Waals surface area contributed by atoms with Gasteiger partial charge in [0.25, 0.3) is 0 Å². The lowest BCUT2D eigenvalue weighted by atomic mass is 9.97. The topological polar surface area (TPSA) is 38.7 Å².